The van der Waals surface area contributed by atoms with Gasteiger partial charge in [0.1, 0.15) is 0 Å². The molecule has 0 aromatic heterocycles. The van der Waals surface area contributed by atoms with Gasteiger partial charge >= 0.3 is 0 Å². The van der Waals surface area contributed by atoms with E-state index in [-0.39, 0.29) is 29.8 Å². The third kappa shape index (κ3) is 7.14. The van der Waals surface area contributed by atoms with Gasteiger partial charge in [-0.3, -0.25) is 14.4 Å². The minimum atomic E-state index is -0.348. The van der Waals surface area contributed by atoms with Gasteiger partial charge in [-0.25, -0.2) is 0 Å². The molecule has 1 aliphatic heterocycles. The molecular weight excluding hydrogens is 558 g/mol. The number of anilines is 2. The van der Waals surface area contributed by atoms with Crippen molar-refractivity contribution in [3.63, 3.8) is 0 Å². The summed E-state index contributed by atoms with van der Waals surface area (Å²) in [7, 11) is 3.05. The van der Waals surface area contributed by atoms with Gasteiger partial charge < -0.3 is 35.6 Å². The highest BCUT2D eigenvalue weighted by atomic mass is 16.5. The van der Waals surface area contributed by atoms with Crippen LogP contribution in [0.2, 0.25) is 0 Å². The number of carbonyl (C=O) groups excluding carboxylic acids is 3. The van der Waals surface area contributed by atoms with Crippen LogP contribution < -0.4 is 30.7 Å². The molecule has 44 heavy (non-hydrogen) atoms. The minimum absolute atomic E-state index is 0.00557. The fraction of sp³-hybridized carbons (Fsp3) is 0.382. The van der Waals surface area contributed by atoms with Gasteiger partial charge in [0.2, 0.25) is 0 Å². The van der Waals surface area contributed by atoms with Gasteiger partial charge in [0.15, 0.2) is 11.5 Å². The van der Waals surface area contributed by atoms with Gasteiger partial charge in [-0.1, -0.05) is 17.7 Å². The van der Waals surface area contributed by atoms with Crippen molar-refractivity contribution in [1.82, 2.24) is 10.2 Å². The summed E-state index contributed by atoms with van der Waals surface area (Å²) in [5, 5.41) is 6.17. The quantitative estimate of drug-likeness (QED) is 0.354. The topological polar surface area (TPSA) is 126 Å². The fourth-order valence-electron chi connectivity index (χ4n) is 5.87. The Bertz CT molecular complexity index is 1510. The lowest BCUT2D eigenvalue weighted by Crippen LogP contribution is -2.49. The zero-order valence-electron chi connectivity index (χ0n) is 25.6. The standard InChI is InChI=1S/C34H41N5O5/c1-22-5-4-6-25(19-22)34(42)39-17-15-38(16-18-39)29-13-7-23(32(40)36-27-11-9-26(35)10-12-27)20-28(29)37-33(41)24-8-14-30(43-2)31(21-24)44-3/h4-8,13-14,19-21,26-27H,9-12,15-18,35H2,1-3H3,(H,36,40)(H,37,41). The smallest absolute Gasteiger partial charge is 0.255 e. The van der Waals surface area contributed by atoms with Gasteiger partial charge in [0.05, 0.1) is 25.6 Å². The van der Waals surface area contributed by atoms with Gasteiger partial charge in [0.25, 0.3) is 17.7 Å². The maximum Gasteiger partial charge on any atom is 0.255 e. The summed E-state index contributed by atoms with van der Waals surface area (Å²) < 4.78 is 10.7. The molecule has 4 N–H and O–H groups in total. The molecule has 232 valence electrons. The molecule has 3 aromatic carbocycles. The van der Waals surface area contributed by atoms with Crippen molar-refractivity contribution in [1.29, 1.82) is 0 Å². The number of hydrogen-bond acceptors (Lipinski definition) is 7. The average Bonchev–Trinajstić information content (AvgIpc) is 3.05. The lowest BCUT2D eigenvalue weighted by Gasteiger charge is -2.37. The second-order valence-electron chi connectivity index (χ2n) is 11.5. The van der Waals surface area contributed by atoms with Crippen molar-refractivity contribution in [2.24, 2.45) is 5.73 Å². The Kier molecular flexibility index (Phi) is 9.69. The maximum atomic E-state index is 13.5. The van der Waals surface area contributed by atoms with Gasteiger partial charge in [-0.15, -0.1) is 0 Å². The number of piperazine rings is 1. The summed E-state index contributed by atoms with van der Waals surface area (Å²) in [6, 6.07) is 18.2. The van der Waals surface area contributed by atoms with E-state index in [4.69, 9.17) is 15.2 Å². The zero-order chi connectivity index (χ0) is 31.2. The van der Waals surface area contributed by atoms with E-state index in [1.54, 1.807) is 30.3 Å². The Hall–Kier alpha value is -4.57. The summed E-state index contributed by atoms with van der Waals surface area (Å²) in [5.74, 6) is 0.428. The van der Waals surface area contributed by atoms with Crippen LogP contribution in [0.1, 0.15) is 62.3 Å². The molecule has 10 nitrogen and oxygen atoms in total. The lowest BCUT2D eigenvalue weighted by molar-refractivity contribution is 0.0746. The number of methoxy groups -OCH3 is 2. The number of hydrogen-bond donors (Lipinski definition) is 3. The molecule has 0 radical (unpaired) electrons. The molecule has 1 heterocycles. The second kappa shape index (κ2) is 13.8. The van der Waals surface area contributed by atoms with Crippen LogP contribution in [0.15, 0.2) is 60.7 Å². The number of rotatable bonds is 8. The molecule has 1 aliphatic carbocycles. The van der Waals surface area contributed by atoms with Crippen molar-refractivity contribution in [2.75, 3.05) is 50.6 Å². The van der Waals surface area contributed by atoms with Crippen molar-refractivity contribution in [3.05, 3.63) is 82.9 Å². The molecule has 3 amide bonds. The minimum Gasteiger partial charge on any atom is -0.493 e. The molecule has 5 rings (SSSR count). The average molecular weight is 600 g/mol. The van der Waals surface area contributed by atoms with Gasteiger partial charge in [0, 0.05) is 55.0 Å². The van der Waals surface area contributed by atoms with E-state index in [0.29, 0.717) is 60.1 Å². The van der Waals surface area contributed by atoms with Gasteiger partial charge in [-0.05, 0) is 81.1 Å². The molecular formula is C34H41N5O5. The number of ether oxygens (including phenoxy) is 2. The van der Waals surface area contributed by atoms with Crippen LogP contribution in [0, 0.1) is 6.92 Å². The molecule has 2 aliphatic rings. The normalized spacial score (nSPS) is 18.4. The monoisotopic (exact) mass is 599 g/mol. The Morgan fingerprint density at radius 1 is 0.773 bits per heavy atom. The van der Waals surface area contributed by atoms with Crippen molar-refractivity contribution < 1.29 is 23.9 Å². The van der Waals surface area contributed by atoms with E-state index in [2.05, 4.69) is 15.5 Å². The maximum absolute atomic E-state index is 13.5. The van der Waals surface area contributed by atoms with Crippen molar-refractivity contribution in [3.8, 4) is 11.5 Å². The molecule has 10 heteroatoms. The third-order valence-corrected chi connectivity index (χ3v) is 8.43. The van der Waals surface area contributed by atoms with Crippen LogP contribution in [0.5, 0.6) is 11.5 Å². The first-order valence-electron chi connectivity index (χ1n) is 15.1. The first-order valence-corrected chi connectivity index (χ1v) is 15.1. The first kappa shape index (κ1) is 30.9. The SMILES string of the molecule is COc1ccc(C(=O)Nc2cc(C(=O)NC3CCC(N)CC3)ccc2N2CCN(C(=O)c3cccc(C)c3)CC2)cc1OC. The molecule has 2 fully saturated rings. The van der Waals surface area contributed by atoms with E-state index < -0.39 is 0 Å². The Morgan fingerprint density at radius 3 is 2.14 bits per heavy atom. The van der Waals surface area contributed by atoms with E-state index >= 15 is 0 Å². The summed E-state index contributed by atoms with van der Waals surface area (Å²) >= 11 is 0. The number of aryl methyl sites for hydroxylation is 1. The predicted octanol–water partition coefficient (Wildman–Crippen LogP) is 4.23. The highest BCUT2D eigenvalue weighted by molar-refractivity contribution is 6.07. The zero-order valence-corrected chi connectivity index (χ0v) is 25.6. The van der Waals surface area contributed by atoms with Crippen molar-refractivity contribution >= 4 is 29.1 Å². The number of carbonyl (C=O) groups is 3. The van der Waals surface area contributed by atoms with Crippen LogP contribution in [-0.2, 0) is 0 Å². The van der Waals surface area contributed by atoms with Crippen LogP contribution in [-0.4, -0.2) is 75.1 Å². The van der Waals surface area contributed by atoms with E-state index in [9.17, 15) is 14.4 Å². The number of benzene rings is 3. The van der Waals surface area contributed by atoms with Crippen molar-refractivity contribution in [2.45, 2.75) is 44.7 Å². The summed E-state index contributed by atoms with van der Waals surface area (Å²) in [4.78, 5) is 43.9. The molecule has 0 unspecified atom stereocenters. The van der Waals surface area contributed by atoms with Gasteiger partial charge in [-0.2, -0.15) is 0 Å². The van der Waals surface area contributed by atoms with Crippen LogP contribution >= 0.6 is 0 Å². The molecule has 3 aromatic rings. The summed E-state index contributed by atoms with van der Waals surface area (Å²) in [6.07, 6.45) is 3.46. The van der Waals surface area contributed by atoms with Crippen LogP contribution in [0.3, 0.4) is 0 Å². The second-order valence-corrected chi connectivity index (χ2v) is 11.5. The lowest BCUT2D eigenvalue weighted by atomic mass is 9.91. The highest BCUT2D eigenvalue weighted by Gasteiger charge is 2.26. The number of nitrogens with one attached hydrogen (secondary N) is 2. The Balaban J connectivity index is 1.36. The van der Waals surface area contributed by atoms with Crippen LogP contribution in [0.4, 0.5) is 11.4 Å². The molecule has 0 spiro atoms. The molecule has 1 saturated carbocycles. The fourth-order valence-corrected chi connectivity index (χ4v) is 5.87. The largest absolute Gasteiger partial charge is 0.493 e. The summed E-state index contributed by atoms with van der Waals surface area (Å²) in [5.41, 5.74) is 9.90. The molecule has 0 atom stereocenters. The predicted molar refractivity (Wildman–Crippen MR) is 171 cm³/mol. The summed E-state index contributed by atoms with van der Waals surface area (Å²) in [6.45, 7) is 4.18. The first-order chi connectivity index (χ1) is 21.2. The number of amides is 3. The third-order valence-electron chi connectivity index (χ3n) is 8.43. The van der Waals surface area contributed by atoms with E-state index in [1.807, 2.05) is 42.2 Å². The number of nitrogens with two attached hydrogens (primary N) is 1. The molecule has 0 bridgehead atoms. The number of nitrogens with zero attached hydrogens (tertiary/aromatic N) is 2. The Morgan fingerprint density at radius 2 is 1.45 bits per heavy atom. The van der Waals surface area contributed by atoms with E-state index in [1.165, 1.54) is 14.2 Å². The van der Waals surface area contributed by atoms with Crippen LogP contribution in [0.25, 0.3) is 0 Å². The van der Waals surface area contributed by atoms with E-state index in [0.717, 1.165) is 36.9 Å². The highest BCUT2D eigenvalue weighted by Crippen LogP contribution is 2.31. The molecule has 1 saturated heterocycles. The Labute approximate surface area is 258 Å².